The Kier molecular flexibility index (Phi) is 4.63. The van der Waals surface area contributed by atoms with Gasteiger partial charge in [0.05, 0.1) is 12.7 Å². The third-order valence-electron chi connectivity index (χ3n) is 4.75. The maximum atomic E-state index is 11.9. The largest absolute Gasteiger partial charge is 0.496 e. The number of methoxy groups -OCH3 is 1. The van der Waals surface area contributed by atoms with Crippen LogP contribution < -0.4 is 26.4 Å². The molecule has 10 heteroatoms. The average molecular weight is 400 g/mol. The Labute approximate surface area is 164 Å². The molecular formula is C18H20N6O3S. The minimum Gasteiger partial charge on any atom is -0.496 e. The number of nitrogens with one attached hydrogen (secondary N) is 3. The van der Waals surface area contributed by atoms with Crippen molar-refractivity contribution >= 4 is 55.2 Å². The SMILES string of the molecule is CNc1nc2c(nc(NCC3CCC(=O)N3)c3cc(OC)c(C(N)=O)cc32)s1. The molecular weight excluding hydrogens is 380 g/mol. The summed E-state index contributed by atoms with van der Waals surface area (Å²) in [6.45, 7) is 0.553. The Morgan fingerprint density at radius 3 is 2.86 bits per heavy atom. The quantitative estimate of drug-likeness (QED) is 0.495. The Morgan fingerprint density at radius 1 is 1.39 bits per heavy atom. The molecule has 0 radical (unpaired) electrons. The van der Waals surface area contributed by atoms with Crippen LogP contribution in [0.5, 0.6) is 5.75 Å². The molecule has 3 aromatic rings. The van der Waals surface area contributed by atoms with Gasteiger partial charge < -0.3 is 26.4 Å². The van der Waals surface area contributed by atoms with Crippen LogP contribution in [0.1, 0.15) is 23.2 Å². The normalized spacial score (nSPS) is 16.4. The molecule has 2 amide bonds. The number of thiazole rings is 1. The molecule has 0 spiro atoms. The smallest absolute Gasteiger partial charge is 0.252 e. The number of pyridine rings is 1. The van der Waals surface area contributed by atoms with Crippen LogP contribution in [0.2, 0.25) is 0 Å². The van der Waals surface area contributed by atoms with Crippen molar-refractivity contribution in [2.75, 3.05) is 31.3 Å². The minimum atomic E-state index is -0.573. The molecule has 1 aliphatic heterocycles. The van der Waals surface area contributed by atoms with Gasteiger partial charge in [0.15, 0.2) is 5.13 Å². The summed E-state index contributed by atoms with van der Waals surface area (Å²) < 4.78 is 5.36. The van der Waals surface area contributed by atoms with Crippen molar-refractivity contribution in [1.82, 2.24) is 15.3 Å². The van der Waals surface area contributed by atoms with Gasteiger partial charge in [-0.25, -0.2) is 9.97 Å². The number of benzene rings is 1. The highest BCUT2D eigenvalue weighted by Crippen LogP contribution is 2.37. The number of amides is 2. The number of carbonyl (C=O) groups is 2. The molecule has 5 N–H and O–H groups in total. The van der Waals surface area contributed by atoms with E-state index < -0.39 is 5.91 Å². The number of nitrogens with two attached hydrogens (primary N) is 1. The van der Waals surface area contributed by atoms with Crippen LogP contribution in [0.25, 0.3) is 21.1 Å². The monoisotopic (exact) mass is 400 g/mol. The van der Waals surface area contributed by atoms with E-state index in [4.69, 9.17) is 15.5 Å². The molecule has 2 aromatic heterocycles. The second-order valence-electron chi connectivity index (χ2n) is 6.53. The fourth-order valence-electron chi connectivity index (χ4n) is 3.35. The number of fused-ring (bicyclic) bond motifs is 3. The molecule has 0 aliphatic carbocycles. The Balaban J connectivity index is 1.86. The summed E-state index contributed by atoms with van der Waals surface area (Å²) in [5, 5.41) is 11.5. The van der Waals surface area contributed by atoms with Gasteiger partial charge in [-0.05, 0) is 18.6 Å². The van der Waals surface area contributed by atoms with E-state index in [0.717, 1.165) is 27.2 Å². The molecule has 146 valence electrons. The number of nitrogens with zero attached hydrogens (tertiary/aromatic N) is 2. The van der Waals surface area contributed by atoms with Gasteiger partial charge in [0.25, 0.3) is 5.91 Å². The molecule has 28 heavy (non-hydrogen) atoms. The molecule has 1 atom stereocenters. The van der Waals surface area contributed by atoms with Crippen LogP contribution >= 0.6 is 11.3 Å². The highest BCUT2D eigenvalue weighted by Gasteiger charge is 2.22. The van der Waals surface area contributed by atoms with E-state index in [1.54, 1.807) is 19.2 Å². The minimum absolute atomic E-state index is 0.0566. The predicted octanol–water partition coefficient (Wildman–Crippen LogP) is 1.68. The van der Waals surface area contributed by atoms with Gasteiger partial charge in [-0.15, -0.1) is 0 Å². The average Bonchev–Trinajstić information content (AvgIpc) is 3.30. The summed E-state index contributed by atoms with van der Waals surface area (Å²) in [6.07, 6.45) is 1.32. The summed E-state index contributed by atoms with van der Waals surface area (Å²) in [7, 11) is 3.28. The van der Waals surface area contributed by atoms with Crippen LogP contribution in [0.3, 0.4) is 0 Å². The fourth-order valence-corrected chi connectivity index (χ4v) is 4.16. The Bertz CT molecular complexity index is 1100. The summed E-state index contributed by atoms with van der Waals surface area (Å²) >= 11 is 1.42. The molecule has 1 aromatic carbocycles. The highest BCUT2D eigenvalue weighted by atomic mass is 32.1. The molecule has 1 saturated heterocycles. The van der Waals surface area contributed by atoms with Gasteiger partial charge in [0, 0.05) is 36.8 Å². The van der Waals surface area contributed by atoms with Crippen molar-refractivity contribution in [3.05, 3.63) is 17.7 Å². The molecule has 3 heterocycles. The highest BCUT2D eigenvalue weighted by molar-refractivity contribution is 7.21. The first-order valence-corrected chi connectivity index (χ1v) is 9.65. The number of rotatable bonds is 6. The predicted molar refractivity (Wildman–Crippen MR) is 109 cm³/mol. The van der Waals surface area contributed by atoms with Crippen molar-refractivity contribution in [3.8, 4) is 5.75 Å². The van der Waals surface area contributed by atoms with Crippen molar-refractivity contribution in [2.45, 2.75) is 18.9 Å². The van der Waals surface area contributed by atoms with E-state index in [0.29, 0.717) is 30.0 Å². The summed E-state index contributed by atoms with van der Waals surface area (Å²) in [5.41, 5.74) is 6.51. The number of hydrogen-bond donors (Lipinski definition) is 4. The van der Waals surface area contributed by atoms with Gasteiger partial charge in [-0.2, -0.15) is 0 Å². The number of anilines is 2. The van der Waals surface area contributed by atoms with Crippen LogP contribution in [-0.2, 0) is 4.79 Å². The van der Waals surface area contributed by atoms with Crippen LogP contribution in [-0.4, -0.2) is 48.5 Å². The first kappa shape index (κ1) is 18.2. The van der Waals surface area contributed by atoms with Gasteiger partial charge in [0.2, 0.25) is 5.91 Å². The first-order chi connectivity index (χ1) is 13.5. The zero-order valence-corrected chi connectivity index (χ0v) is 16.3. The lowest BCUT2D eigenvalue weighted by atomic mass is 10.1. The zero-order chi connectivity index (χ0) is 19.8. The summed E-state index contributed by atoms with van der Waals surface area (Å²) in [4.78, 5) is 33.3. The number of aromatic nitrogens is 2. The van der Waals surface area contributed by atoms with Gasteiger partial charge in [-0.1, -0.05) is 11.3 Å². The van der Waals surface area contributed by atoms with Gasteiger partial charge in [0.1, 0.15) is 21.9 Å². The second-order valence-corrected chi connectivity index (χ2v) is 7.51. The third kappa shape index (κ3) is 3.15. The van der Waals surface area contributed by atoms with Gasteiger partial charge in [-0.3, -0.25) is 9.59 Å². The summed E-state index contributed by atoms with van der Waals surface area (Å²) in [6, 6.07) is 3.50. The molecule has 0 bridgehead atoms. The van der Waals surface area contributed by atoms with E-state index >= 15 is 0 Å². The molecule has 0 saturated carbocycles. The maximum Gasteiger partial charge on any atom is 0.252 e. The van der Waals surface area contributed by atoms with Crippen molar-refractivity contribution in [3.63, 3.8) is 0 Å². The zero-order valence-electron chi connectivity index (χ0n) is 15.5. The molecule has 1 aliphatic rings. The summed E-state index contributed by atoms with van der Waals surface area (Å²) in [5.74, 6) is 0.511. The topological polar surface area (TPSA) is 131 Å². The van der Waals surface area contributed by atoms with E-state index in [-0.39, 0.29) is 17.5 Å². The van der Waals surface area contributed by atoms with Crippen molar-refractivity contribution < 1.29 is 14.3 Å². The number of carbonyl (C=O) groups excluding carboxylic acids is 2. The Morgan fingerprint density at radius 2 is 2.21 bits per heavy atom. The van der Waals surface area contributed by atoms with Crippen molar-refractivity contribution in [1.29, 1.82) is 0 Å². The fraction of sp³-hybridized carbons (Fsp3) is 0.333. The molecule has 4 rings (SSSR count). The van der Waals surface area contributed by atoms with E-state index in [2.05, 4.69) is 20.9 Å². The molecule has 1 fully saturated rings. The first-order valence-electron chi connectivity index (χ1n) is 8.83. The maximum absolute atomic E-state index is 11.9. The van der Waals surface area contributed by atoms with E-state index in [1.165, 1.54) is 18.4 Å². The van der Waals surface area contributed by atoms with E-state index in [1.807, 2.05) is 0 Å². The lowest BCUT2D eigenvalue weighted by Gasteiger charge is -2.15. The number of primary amides is 1. The van der Waals surface area contributed by atoms with Crippen LogP contribution in [0.4, 0.5) is 10.9 Å². The standard InChI is InChI=1S/C18H20N6O3S/c1-20-18-23-14-9-5-11(15(19)26)12(27-2)6-10(9)16(24-17(14)28-18)21-7-8-3-4-13(25)22-8/h5-6,8H,3-4,7H2,1-2H3,(H2,19,26)(H,20,23)(H,21,24)(H,22,25). The van der Waals surface area contributed by atoms with Gasteiger partial charge >= 0.3 is 0 Å². The molecule has 1 unspecified atom stereocenters. The number of ether oxygens (including phenoxy) is 1. The second kappa shape index (κ2) is 7.12. The Hall–Kier alpha value is -3.14. The lowest BCUT2D eigenvalue weighted by Crippen LogP contribution is -2.32. The lowest BCUT2D eigenvalue weighted by molar-refractivity contribution is -0.119. The van der Waals surface area contributed by atoms with E-state index in [9.17, 15) is 9.59 Å². The van der Waals surface area contributed by atoms with Crippen molar-refractivity contribution in [2.24, 2.45) is 5.73 Å². The molecule has 9 nitrogen and oxygen atoms in total. The van der Waals surface area contributed by atoms with Crippen LogP contribution in [0, 0.1) is 0 Å². The third-order valence-corrected chi connectivity index (χ3v) is 5.72. The number of hydrogen-bond acceptors (Lipinski definition) is 8. The van der Waals surface area contributed by atoms with Crippen LogP contribution in [0.15, 0.2) is 12.1 Å².